The summed E-state index contributed by atoms with van der Waals surface area (Å²) in [4.78, 5) is 10.3. The van der Waals surface area contributed by atoms with Gasteiger partial charge in [0.15, 0.2) is 0 Å². The molecule has 7 nitrogen and oxygen atoms in total. The molecular formula is C15H23N3O4S. The Bertz CT molecular complexity index is 701. The third kappa shape index (κ3) is 4.07. The molecule has 1 saturated heterocycles. The van der Waals surface area contributed by atoms with E-state index < -0.39 is 14.9 Å². The monoisotopic (exact) mass is 341 g/mol. The lowest BCUT2D eigenvalue weighted by atomic mass is 9.78. The number of nitro groups is 1. The molecule has 0 aliphatic carbocycles. The van der Waals surface area contributed by atoms with Gasteiger partial charge in [0, 0.05) is 24.2 Å². The molecule has 8 heteroatoms. The van der Waals surface area contributed by atoms with Crippen molar-refractivity contribution in [2.45, 2.75) is 44.6 Å². The molecule has 1 aromatic carbocycles. The summed E-state index contributed by atoms with van der Waals surface area (Å²) in [6, 6.07) is 3.99. The molecule has 1 aliphatic rings. The third-order valence-electron chi connectivity index (χ3n) is 4.50. The van der Waals surface area contributed by atoms with E-state index in [1.165, 1.54) is 12.1 Å². The molecule has 1 unspecified atom stereocenters. The number of benzene rings is 1. The number of nitro benzene ring substituents is 1. The van der Waals surface area contributed by atoms with E-state index in [1.807, 2.05) is 0 Å². The van der Waals surface area contributed by atoms with Crippen LogP contribution >= 0.6 is 0 Å². The molecule has 0 saturated carbocycles. The van der Waals surface area contributed by atoms with Crippen LogP contribution in [0.25, 0.3) is 0 Å². The van der Waals surface area contributed by atoms with Crippen molar-refractivity contribution in [3.63, 3.8) is 0 Å². The van der Waals surface area contributed by atoms with Crippen LogP contribution in [0.4, 0.5) is 5.69 Å². The van der Waals surface area contributed by atoms with Gasteiger partial charge in [-0.3, -0.25) is 10.1 Å². The average molecular weight is 341 g/mol. The maximum Gasteiger partial charge on any atom is 0.273 e. The van der Waals surface area contributed by atoms with Crippen LogP contribution in [-0.2, 0) is 10.0 Å². The first-order chi connectivity index (χ1) is 10.6. The highest BCUT2D eigenvalue weighted by molar-refractivity contribution is 7.89. The molecule has 23 heavy (non-hydrogen) atoms. The van der Waals surface area contributed by atoms with Crippen LogP contribution in [0, 0.1) is 22.5 Å². The first-order valence-corrected chi connectivity index (χ1v) is 9.10. The van der Waals surface area contributed by atoms with Gasteiger partial charge in [-0.1, -0.05) is 19.9 Å². The van der Waals surface area contributed by atoms with Crippen molar-refractivity contribution in [2.24, 2.45) is 5.41 Å². The molecular weight excluding hydrogens is 318 g/mol. The molecule has 0 aromatic heterocycles. The number of hydrogen-bond donors (Lipinski definition) is 2. The molecule has 0 bridgehead atoms. The van der Waals surface area contributed by atoms with Gasteiger partial charge < -0.3 is 5.32 Å². The minimum Gasteiger partial charge on any atom is -0.312 e. The fourth-order valence-corrected chi connectivity index (χ4v) is 3.92. The standard InChI is InChI=1S/C15H23N3O4S/c1-11-5-6-12(9-13(11)18(19)20)23(21,22)17-10-14-15(2,3)7-4-8-16-14/h5-6,9,14,16-17H,4,7-8,10H2,1-3H3. The molecule has 1 heterocycles. The highest BCUT2D eigenvalue weighted by Gasteiger charge is 2.33. The van der Waals surface area contributed by atoms with Crippen molar-refractivity contribution < 1.29 is 13.3 Å². The first kappa shape index (κ1) is 17.8. The summed E-state index contributed by atoms with van der Waals surface area (Å²) in [5.41, 5.74) is 0.244. The summed E-state index contributed by atoms with van der Waals surface area (Å²) in [5.74, 6) is 0. The first-order valence-electron chi connectivity index (χ1n) is 7.61. The Labute approximate surface area is 136 Å². The largest absolute Gasteiger partial charge is 0.312 e. The van der Waals surface area contributed by atoms with Crippen molar-refractivity contribution in [3.8, 4) is 0 Å². The zero-order valence-corrected chi connectivity index (χ0v) is 14.4. The van der Waals surface area contributed by atoms with Crippen molar-refractivity contribution in [1.29, 1.82) is 0 Å². The minimum absolute atomic E-state index is 0.0000423. The van der Waals surface area contributed by atoms with Gasteiger partial charge in [0.05, 0.1) is 9.82 Å². The Morgan fingerprint density at radius 2 is 2.13 bits per heavy atom. The molecule has 1 fully saturated rings. The maximum absolute atomic E-state index is 12.4. The molecule has 0 radical (unpaired) electrons. The number of nitrogens with one attached hydrogen (secondary N) is 2. The van der Waals surface area contributed by atoms with Gasteiger partial charge in [-0.05, 0) is 37.8 Å². The molecule has 128 valence electrons. The highest BCUT2D eigenvalue weighted by atomic mass is 32.2. The Hall–Kier alpha value is -1.51. The molecule has 2 rings (SSSR count). The minimum atomic E-state index is -3.78. The number of nitrogens with zero attached hydrogens (tertiary/aromatic N) is 1. The molecule has 2 N–H and O–H groups in total. The van der Waals surface area contributed by atoms with Gasteiger partial charge >= 0.3 is 0 Å². The second-order valence-electron chi connectivity index (χ2n) is 6.66. The quantitative estimate of drug-likeness (QED) is 0.630. The summed E-state index contributed by atoms with van der Waals surface area (Å²) in [6.07, 6.45) is 2.10. The molecule has 1 atom stereocenters. The predicted octanol–water partition coefficient (Wildman–Crippen LogP) is 1.96. The van der Waals surface area contributed by atoms with Gasteiger partial charge in [0.2, 0.25) is 10.0 Å². The Morgan fingerprint density at radius 3 is 2.74 bits per heavy atom. The lowest BCUT2D eigenvalue weighted by molar-refractivity contribution is -0.385. The van der Waals surface area contributed by atoms with Crippen LogP contribution in [0.3, 0.4) is 0 Å². The summed E-state index contributed by atoms with van der Waals surface area (Å²) >= 11 is 0. The van der Waals surface area contributed by atoms with Crippen molar-refractivity contribution >= 4 is 15.7 Å². The summed E-state index contributed by atoms with van der Waals surface area (Å²) in [6.45, 7) is 6.92. The summed E-state index contributed by atoms with van der Waals surface area (Å²) < 4.78 is 27.4. The van der Waals surface area contributed by atoms with E-state index in [-0.39, 0.29) is 28.6 Å². The topological polar surface area (TPSA) is 101 Å². The lowest BCUT2D eigenvalue weighted by Crippen LogP contribution is -2.52. The van der Waals surface area contributed by atoms with Crippen LogP contribution in [0.15, 0.2) is 23.1 Å². The van der Waals surface area contributed by atoms with Gasteiger partial charge in [0.25, 0.3) is 5.69 Å². The van der Waals surface area contributed by atoms with E-state index in [0.717, 1.165) is 25.5 Å². The molecule has 1 aliphatic heterocycles. The third-order valence-corrected chi connectivity index (χ3v) is 5.92. The number of aryl methyl sites for hydroxylation is 1. The molecule has 0 spiro atoms. The SMILES string of the molecule is Cc1ccc(S(=O)(=O)NCC2NCCCC2(C)C)cc1[N+](=O)[O-]. The normalized spacial score (nSPS) is 21.1. The van der Waals surface area contributed by atoms with Crippen LogP contribution in [0.2, 0.25) is 0 Å². The van der Waals surface area contributed by atoms with Gasteiger partial charge in [-0.2, -0.15) is 0 Å². The number of hydrogen-bond acceptors (Lipinski definition) is 5. The van der Waals surface area contributed by atoms with E-state index in [2.05, 4.69) is 23.9 Å². The van der Waals surface area contributed by atoms with Crippen LogP contribution < -0.4 is 10.0 Å². The van der Waals surface area contributed by atoms with E-state index >= 15 is 0 Å². The zero-order chi connectivity index (χ0) is 17.3. The zero-order valence-electron chi connectivity index (χ0n) is 13.6. The van der Waals surface area contributed by atoms with E-state index in [1.54, 1.807) is 6.92 Å². The van der Waals surface area contributed by atoms with Crippen molar-refractivity contribution in [2.75, 3.05) is 13.1 Å². The average Bonchev–Trinajstić information content (AvgIpc) is 2.45. The smallest absolute Gasteiger partial charge is 0.273 e. The van der Waals surface area contributed by atoms with E-state index in [4.69, 9.17) is 0 Å². The fraction of sp³-hybridized carbons (Fsp3) is 0.600. The van der Waals surface area contributed by atoms with Crippen molar-refractivity contribution in [3.05, 3.63) is 33.9 Å². The molecule has 1 aromatic rings. The Morgan fingerprint density at radius 1 is 1.43 bits per heavy atom. The van der Waals surface area contributed by atoms with Crippen molar-refractivity contribution in [1.82, 2.24) is 10.0 Å². The Balaban J connectivity index is 2.16. The fourth-order valence-electron chi connectivity index (χ4n) is 2.85. The number of sulfonamides is 1. The summed E-state index contributed by atoms with van der Waals surface area (Å²) in [7, 11) is -3.78. The van der Waals surface area contributed by atoms with Crippen LogP contribution in [0.5, 0.6) is 0 Å². The number of rotatable bonds is 5. The van der Waals surface area contributed by atoms with Crippen LogP contribution in [-0.4, -0.2) is 32.5 Å². The maximum atomic E-state index is 12.4. The van der Waals surface area contributed by atoms with Gasteiger partial charge in [-0.25, -0.2) is 13.1 Å². The summed E-state index contributed by atoms with van der Waals surface area (Å²) in [5, 5.41) is 14.3. The predicted molar refractivity (Wildman–Crippen MR) is 87.8 cm³/mol. The molecule has 0 amide bonds. The second-order valence-corrected chi connectivity index (χ2v) is 8.42. The lowest BCUT2D eigenvalue weighted by Gasteiger charge is -2.39. The Kier molecular flexibility index (Phi) is 5.07. The second kappa shape index (κ2) is 6.54. The number of piperidine rings is 1. The van der Waals surface area contributed by atoms with Crippen LogP contribution in [0.1, 0.15) is 32.3 Å². The van der Waals surface area contributed by atoms with Gasteiger partial charge in [-0.15, -0.1) is 0 Å². The van der Waals surface area contributed by atoms with Gasteiger partial charge in [0.1, 0.15) is 0 Å². The van der Waals surface area contributed by atoms with E-state index in [0.29, 0.717) is 5.56 Å². The highest BCUT2D eigenvalue weighted by Crippen LogP contribution is 2.30. The van der Waals surface area contributed by atoms with E-state index in [9.17, 15) is 18.5 Å².